The van der Waals surface area contributed by atoms with Crippen LogP contribution in [0.3, 0.4) is 0 Å². The summed E-state index contributed by atoms with van der Waals surface area (Å²) in [6, 6.07) is 10.1. The van der Waals surface area contributed by atoms with Crippen LogP contribution >= 0.6 is 0 Å². The van der Waals surface area contributed by atoms with E-state index in [1.54, 1.807) is 12.1 Å². The number of pyridine rings is 1. The van der Waals surface area contributed by atoms with Gasteiger partial charge in [-0.25, -0.2) is 9.37 Å². The number of allylic oxidation sites excluding steroid dienone is 1. The number of nitrogen functional groups attached to an aromatic ring is 1. The van der Waals surface area contributed by atoms with E-state index in [1.807, 2.05) is 29.2 Å². The highest BCUT2D eigenvalue weighted by Crippen LogP contribution is 2.26. The van der Waals surface area contributed by atoms with Gasteiger partial charge in [0, 0.05) is 13.1 Å². The Labute approximate surface area is 153 Å². The number of nitrogens with two attached hydrogens (primary N) is 1. The van der Waals surface area contributed by atoms with Crippen molar-refractivity contribution in [2.24, 2.45) is 0 Å². The average molecular weight is 342 g/mol. The third-order valence-corrected chi connectivity index (χ3v) is 4.20. The van der Waals surface area contributed by atoms with E-state index in [2.05, 4.69) is 16.8 Å². The number of halogens is 1. The van der Waals surface area contributed by atoms with Crippen LogP contribution in [0.4, 0.5) is 15.9 Å². The highest BCUT2D eigenvalue weighted by molar-refractivity contribution is 6.32. The van der Waals surface area contributed by atoms with Gasteiger partial charge in [-0.2, -0.15) is 5.26 Å². The Hall–Kier alpha value is -3.25. The SMILES string of the molecule is [B]c1cc(F)c(C#N)c(N2CCC(=CC#Cc3cccc(N)n3)CC2)c1. The summed E-state index contributed by atoms with van der Waals surface area (Å²) in [5.74, 6) is 5.85. The van der Waals surface area contributed by atoms with Crippen molar-refractivity contribution in [3.63, 3.8) is 0 Å². The molecule has 1 aliphatic heterocycles. The number of nitrogens with zero attached hydrogens (tertiary/aromatic N) is 3. The summed E-state index contributed by atoms with van der Waals surface area (Å²) in [4.78, 5) is 6.12. The summed E-state index contributed by atoms with van der Waals surface area (Å²) in [6.45, 7) is 1.36. The molecule has 2 heterocycles. The average Bonchev–Trinajstić information content (AvgIpc) is 2.62. The quantitative estimate of drug-likeness (QED) is 0.636. The molecule has 0 atom stereocenters. The Balaban J connectivity index is 1.70. The van der Waals surface area contributed by atoms with E-state index in [1.165, 1.54) is 11.6 Å². The molecular weight excluding hydrogens is 326 g/mol. The maximum Gasteiger partial charge on any atom is 0.142 e. The topological polar surface area (TPSA) is 65.9 Å². The monoisotopic (exact) mass is 342 g/mol. The van der Waals surface area contributed by atoms with Crippen LogP contribution in [0.15, 0.2) is 42.0 Å². The second-order valence-electron chi connectivity index (χ2n) is 6.02. The zero-order valence-electron chi connectivity index (χ0n) is 14.2. The fourth-order valence-electron chi connectivity index (χ4n) is 2.88. The number of piperidine rings is 1. The van der Waals surface area contributed by atoms with E-state index in [0.29, 0.717) is 35.8 Å². The van der Waals surface area contributed by atoms with Crippen molar-refractivity contribution in [2.45, 2.75) is 12.8 Å². The van der Waals surface area contributed by atoms with Crippen LogP contribution in [0.25, 0.3) is 0 Å². The Morgan fingerprint density at radius 2 is 2.04 bits per heavy atom. The van der Waals surface area contributed by atoms with Crippen LogP contribution in [-0.4, -0.2) is 25.9 Å². The molecule has 3 rings (SSSR count). The predicted octanol–water partition coefficient (Wildman–Crippen LogP) is 2.05. The molecule has 1 aromatic heterocycles. The number of aromatic nitrogens is 1. The molecule has 1 fully saturated rings. The molecule has 26 heavy (non-hydrogen) atoms. The first-order valence-electron chi connectivity index (χ1n) is 8.23. The highest BCUT2D eigenvalue weighted by Gasteiger charge is 2.19. The molecule has 6 heteroatoms. The zero-order valence-corrected chi connectivity index (χ0v) is 14.2. The number of rotatable bonds is 1. The van der Waals surface area contributed by atoms with Gasteiger partial charge in [0.1, 0.15) is 36.8 Å². The molecular formula is C20H16BFN4. The summed E-state index contributed by atoms with van der Waals surface area (Å²) in [5.41, 5.74) is 8.39. The molecule has 0 aliphatic carbocycles. The molecule has 0 amide bonds. The molecule has 126 valence electrons. The lowest BCUT2D eigenvalue weighted by Crippen LogP contribution is -2.32. The van der Waals surface area contributed by atoms with E-state index < -0.39 is 5.82 Å². The number of hydrogen-bond donors (Lipinski definition) is 1. The van der Waals surface area contributed by atoms with Gasteiger partial charge in [-0.1, -0.05) is 23.0 Å². The summed E-state index contributed by atoms with van der Waals surface area (Å²) < 4.78 is 13.9. The minimum absolute atomic E-state index is 0.0409. The van der Waals surface area contributed by atoms with Crippen molar-refractivity contribution in [1.29, 1.82) is 5.26 Å². The van der Waals surface area contributed by atoms with Crippen molar-refractivity contribution in [3.8, 4) is 17.9 Å². The maximum atomic E-state index is 13.9. The molecule has 2 radical (unpaired) electrons. The molecule has 4 nitrogen and oxygen atoms in total. The van der Waals surface area contributed by atoms with Gasteiger partial charge < -0.3 is 10.6 Å². The van der Waals surface area contributed by atoms with Crippen molar-refractivity contribution in [2.75, 3.05) is 23.7 Å². The van der Waals surface area contributed by atoms with Crippen LogP contribution in [0.5, 0.6) is 0 Å². The largest absolute Gasteiger partial charge is 0.384 e. The Kier molecular flexibility index (Phi) is 5.24. The lowest BCUT2D eigenvalue weighted by atomic mass is 9.92. The Morgan fingerprint density at radius 1 is 1.27 bits per heavy atom. The minimum atomic E-state index is -0.579. The number of benzene rings is 1. The van der Waals surface area contributed by atoms with Crippen molar-refractivity contribution >= 4 is 24.8 Å². The highest BCUT2D eigenvalue weighted by atomic mass is 19.1. The van der Waals surface area contributed by atoms with Gasteiger partial charge in [0.15, 0.2) is 0 Å². The van der Waals surface area contributed by atoms with Crippen molar-refractivity contribution in [3.05, 3.63) is 59.1 Å². The Morgan fingerprint density at radius 3 is 2.73 bits per heavy atom. The van der Waals surface area contributed by atoms with Crippen LogP contribution < -0.4 is 16.1 Å². The zero-order chi connectivity index (χ0) is 18.5. The smallest absolute Gasteiger partial charge is 0.142 e. The Bertz CT molecular complexity index is 956. The van der Waals surface area contributed by atoms with Crippen molar-refractivity contribution in [1.82, 2.24) is 4.98 Å². The molecule has 1 aromatic carbocycles. The molecule has 0 bridgehead atoms. The predicted molar refractivity (Wildman–Crippen MR) is 102 cm³/mol. The van der Waals surface area contributed by atoms with Crippen LogP contribution in [0, 0.1) is 29.0 Å². The molecule has 1 saturated heterocycles. The van der Waals surface area contributed by atoms with Gasteiger partial charge in [0.2, 0.25) is 0 Å². The van der Waals surface area contributed by atoms with Crippen LogP contribution in [0.1, 0.15) is 24.1 Å². The molecule has 2 N–H and O–H groups in total. The number of nitriles is 1. The molecule has 0 saturated carbocycles. The van der Waals surface area contributed by atoms with Gasteiger partial charge in [-0.15, -0.1) is 0 Å². The molecule has 0 spiro atoms. The van der Waals surface area contributed by atoms with Gasteiger partial charge >= 0.3 is 0 Å². The van der Waals surface area contributed by atoms with Gasteiger partial charge in [0.05, 0.1) is 5.69 Å². The van der Waals surface area contributed by atoms with Crippen LogP contribution in [0.2, 0.25) is 0 Å². The number of hydrogen-bond acceptors (Lipinski definition) is 4. The second kappa shape index (κ2) is 7.76. The summed E-state index contributed by atoms with van der Waals surface area (Å²) in [6.07, 6.45) is 3.48. The minimum Gasteiger partial charge on any atom is -0.384 e. The van der Waals surface area contributed by atoms with E-state index in [9.17, 15) is 9.65 Å². The van der Waals surface area contributed by atoms with Gasteiger partial charge in [-0.3, -0.25) is 0 Å². The summed E-state index contributed by atoms with van der Waals surface area (Å²) >= 11 is 0. The van der Waals surface area contributed by atoms with E-state index in [-0.39, 0.29) is 5.56 Å². The molecule has 1 aliphatic rings. The second-order valence-corrected chi connectivity index (χ2v) is 6.02. The fraction of sp³-hybridized carbons (Fsp3) is 0.200. The normalized spacial score (nSPS) is 13.5. The first kappa shape index (κ1) is 17.6. The van der Waals surface area contributed by atoms with Crippen molar-refractivity contribution < 1.29 is 4.39 Å². The maximum absolute atomic E-state index is 13.9. The standard InChI is InChI=1S/C20H16BFN4/c21-15-11-18(22)17(13-23)19(12-15)26-9-7-14(8-10-26)3-1-4-16-5-2-6-20(24)25-16/h2-3,5-6,11-12H,7-10H2,(H2,24,25). The summed E-state index contributed by atoms with van der Waals surface area (Å²) in [5, 5.41) is 9.21. The molecule has 0 unspecified atom stereocenters. The fourth-order valence-corrected chi connectivity index (χ4v) is 2.88. The first-order chi connectivity index (χ1) is 12.6. The lowest BCUT2D eigenvalue weighted by molar-refractivity contribution is 0.620. The van der Waals surface area contributed by atoms with E-state index >= 15 is 0 Å². The third kappa shape index (κ3) is 4.04. The van der Waals surface area contributed by atoms with E-state index in [0.717, 1.165) is 12.8 Å². The van der Waals surface area contributed by atoms with E-state index in [4.69, 9.17) is 13.6 Å². The van der Waals surface area contributed by atoms with Crippen LogP contribution in [-0.2, 0) is 0 Å². The number of anilines is 2. The van der Waals surface area contributed by atoms with Gasteiger partial charge in [0.25, 0.3) is 0 Å². The lowest BCUT2D eigenvalue weighted by Gasteiger charge is -2.31. The summed E-state index contributed by atoms with van der Waals surface area (Å²) in [7, 11) is 5.73. The molecule has 2 aromatic rings. The third-order valence-electron chi connectivity index (χ3n) is 4.20. The first-order valence-corrected chi connectivity index (χ1v) is 8.23. The van der Waals surface area contributed by atoms with Gasteiger partial charge in [-0.05, 0) is 49.1 Å².